The molecule has 1 aliphatic rings. The largest absolute Gasteiger partial charge is 0.412 e. The Morgan fingerprint density at radius 3 is 1.79 bits per heavy atom. The molecule has 0 saturated heterocycles. The standard InChI is InChI=1S/C26H53N.H2O/c1-4-7-8-9-10-11-12-13-14-15-16-19-24-27-26(22-6-3)23-18-17-21-25(26)20-5-2;/h25,27H,4-24H2,1-3H3;1H2. The van der Waals surface area contributed by atoms with Gasteiger partial charge in [0.05, 0.1) is 0 Å². The molecule has 0 aromatic rings. The highest BCUT2D eigenvalue weighted by Crippen LogP contribution is 2.39. The number of hydrogen-bond acceptors (Lipinski definition) is 1. The van der Waals surface area contributed by atoms with Crippen LogP contribution in [0.15, 0.2) is 0 Å². The van der Waals surface area contributed by atoms with Crippen molar-refractivity contribution in [1.29, 1.82) is 0 Å². The van der Waals surface area contributed by atoms with Gasteiger partial charge in [0, 0.05) is 5.54 Å². The second-order valence-electron chi connectivity index (χ2n) is 9.45. The molecule has 170 valence electrons. The summed E-state index contributed by atoms with van der Waals surface area (Å²) in [6, 6.07) is 0. The van der Waals surface area contributed by atoms with E-state index in [2.05, 4.69) is 26.1 Å². The van der Waals surface area contributed by atoms with E-state index in [9.17, 15) is 0 Å². The first kappa shape index (κ1) is 27.9. The SMILES string of the molecule is CCCCCCCCCCCCCCNC1(CCC)CCCCC1CCC.O. The molecule has 1 aliphatic carbocycles. The van der Waals surface area contributed by atoms with E-state index < -0.39 is 0 Å². The summed E-state index contributed by atoms with van der Waals surface area (Å²) in [4.78, 5) is 0. The molecule has 0 spiro atoms. The summed E-state index contributed by atoms with van der Waals surface area (Å²) < 4.78 is 0. The Kier molecular flexibility index (Phi) is 18.9. The van der Waals surface area contributed by atoms with Gasteiger partial charge in [0.25, 0.3) is 0 Å². The zero-order valence-corrected chi connectivity index (χ0v) is 19.9. The Morgan fingerprint density at radius 1 is 0.679 bits per heavy atom. The highest BCUT2D eigenvalue weighted by molar-refractivity contribution is 4.96. The maximum absolute atomic E-state index is 4.11. The highest BCUT2D eigenvalue weighted by Gasteiger charge is 2.38. The van der Waals surface area contributed by atoms with Gasteiger partial charge in [-0.25, -0.2) is 0 Å². The molecule has 0 aromatic carbocycles. The molecule has 2 atom stereocenters. The van der Waals surface area contributed by atoms with Gasteiger partial charge in [-0.2, -0.15) is 0 Å². The molecule has 1 rings (SSSR count). The van der Waals surface area contributed by atoms with Crippen LogP contribution in [0.25, 0.3) is 0 Å². The van der Waals surface area contributed by atoms with Gasteiger partial charge in [0.15, 0.2) is 0 Å². The van der Waals surface area contributed by atoms with Crippen LogP contribution in [0.1, 0.15) is 149 Å². The predicted molar refractivity (Wildman–Crippen MR) is 127 cm³/mol. The number of unbranched alkanes of at least 4 members (excludes halogenated alkanes) is 11. The van der Waals surface area contributed by atoms with Crippen molar-refractivity contribution in [2.24, 2.45) is 5.92 Å². The second kappa shape index (κ2) is 18.9. The molecule has 1 saturated carbocycles. The monoisotopic (exact) mass is 397 g/mol. The van der Waals surface area contributed by atoms with E-state index in [1.807, 2.05) is 0 Å². The zero-order valence-electron chi connectivity index (χ0n) is 19.9. The van der Waals surface area contributed by atoms with Gasteiger partial charge in [-0.05, 0) is 44.6 Å². The number of rotatable bonds is 18. The molecule has 0 amide bonds. The van der Waals surface area contributed by atoms with Crippen molar-refractivity contribution in [2.45, 2.75) is 155 Å². The van der Waals surface area contributed by atoms with Crippen molar-refractivity contribution in [2.75, 3.05) is 6.54 Å². The molecule has 0 radical (unpaired) electrons. The van der Waals surface area contributed by atoms with Gasteiger partial charge in [0.1, 0.15) is 0 Å². The van der Waals surface area contributed by atoms with Crippen LogP contribution in [0.3, 0.4) is 0 Å². The molecular weight excluding hydrogens is 342 g/mol. The first-order valence-corrected chi connectivity index (χ1v) is 13.0. The highest BCUT2D eigenvalue weighted by atomic mass is 16.0. The van der Waals surface area contributed by atoms with E-state index in [0.29, 0.717) is 5.54 Å². The molecule has 0 aromatic heterocycles. The van der Waals surface area contributed by atoms with Gasteiger partial charge < -0.3 is 10.8 Å². The second-order valence-corrected chi connectivity index (χ2v) is 9.45. The van der Waals surface area contributed by atoms with E-state index in [0.717, 1.165) is 5.92 Å². The summed E-state index contributed by atoms with van der Waals surface area (Å²) in [5.74, 6) is 0.938. The van der Waals surface area contributed by atoms with Crippen molar-refractivity contribution in [3.8, 4) is 0 Å². The van der Waals surface area contributed by atoms with Crippen LogP contribution >= 0.6 is 0 Å². The maximum atomic E-state index is 4.11. The fraction of sp³-hybridized carbons (Fsp3) is 1.00. The van der Waals surface area contributed by atoms with Crippen molar-refractivity contribution < 1.29 is 5.48 Å². The minimum atomic E-state index is 0. The molecule has 2 unspecified atom stereocenters. The third kappa shape index (κ3) is 11.8. The number of nitrogens with one attached hydrogen (secondary N) is 1. The minimum Gasteiger partial charge on any atom is -0.412 e. The van der Waals surface area contributed by atoms with Gasteiger partial charge in [-0.1, -0.05) is 117 Å². The van der Waals surface area contributed by atoms with E-state index in [1.165, 1.54) is 135 Å². The Hall–Kier alpha value is -0.0800. The quantitative estimate of drug-likeness (QED) is 0.234. The molecule has 0 aliphatic heterocycles. The van der Waals surface area contributed by atoms with Crippen molar-refractivity contribution in [3.63, 3.8) is 0 Å². The topological polar surface area (TPSA) is 43.5 Å². The normalized spacial score (nSPS) is 22.2. The lowest BCUT2D eigenvalue weighted by Gasteiger charge is -2.46. The van der Waals surface area contributed by atoms with E-state index >= 15 is 0 Å². The minimum absolute atomic E-state index is 0. The summed E-state index contributed by atoms with van der Waals surface area (Å²) in [7, 11) is 0. The summed E-state index contributed by atoms with van der Waals surface area (Å²) in [6.45, 7) is 8.32. The maximum Gasteiger partial charge on any atom is 0.0209 e. The fourth-order valence-electron chi connectivity index (χ4n) is 5.48. The fourth-order valence-corrected chi connectivity index (χ4v) is 5.48. The summed E-state index contributed by atoms with van der Waals surface area (Å²) in [6.07, 6.45) is 28.7. The molecule has 3 N–H and O–H groups in total. The third-order valence-corrected chi connectivity index (χ3v) is 7.05. The number of hydrogen-bond donors (Lipinski definition) is 1. The third-order valence-electron chi connectivity index (χ3n) is 7.05. The van der Waals surface area contributed by atoms with Crippen LogP contribution in [0.4, 0.5) is 0 Å². The summed E-state index contributed by atoms with van der Waals surface area (Å²) in [5, 5.41) is 4.11. The lowest BCUT2D eigenvalue weighted by molar-refractivity contribution is 0.119. The van der Waals surface area contributed by atoms with Crippen LogP contribution in [-0.4, -0.2) is 17.6 Å². The summed E-state index contributed by atoms with van der Waals surface area (Å²) in [5.41, 5.74) is 0.487. The first-order chi connectivity index (χ1) is 13.3. The Balaban J connectivity index is 0.00000729. The van der Waals surface area contributed by atoms with Crippen LogP contribution in [0.5, 0.6) is 0 Å². The van der Waals surface area contributed by atoms with Crippen LogP contribution in [0, 0.1) is 5.92 Å². The van der Waals surface area contributed by atoms with Crippen LogP contribution in [-0.2, 0) is 0 Å². The van der Waals surface area contributed by atoms with Crippen LogP contribution < -0.4 is 5.32 Å². The molecule has 1 fully saturated rings. The molecule has 2 nitrogen and oxygen atoms in total. The lowest BCUT2D eigenvalue weighted by atomic mass is 9.68. The van der Waals surface area contributed by atoms with Crippen LogP contribution in [0.2, 0.25) is 0 Å². The van der Waals surface area contributed by atoms with Gasteiger partial charge in [0.2, 0.25) is 0 Å². The predicted octanol–water partition coefficient (Wildman–Crippen LogP) is 7.98. The van der Waals surface area contributed by atoms with Gasteiger partial charge in [-0.15, -0.1) is 0 Å². The van der Waals surface area contributed by atoms with E-state index in [4.69, 9.17) is 0 Å². The Labute approximate surface area is 178 Å². The van der Waals surface area contributed by atoms with Gasteiger partial charge >= 0.3 is 0 Å². The molecule has 2 heteroatoms. The van der Waals surface area contributed by atoms with Crippen molar-refractivity contribution >= 4 is 0 Å². The zero-order chi connectivity index (χ0) is 19.6. The lowest BCUT2D eigenvalue weighted by Crippen LogP contribution is -2.53. The first-order valence-electron chi connectivity index (χ1n) is 13.0. The van der Waals surface area contributed by atoms with E-state index in [-0.39, 0.29) is 5.48 Å². The summed E-state index contributed by atoms with van der Waals surface area (Å²) >= 11 is 0. The Bertz CT molecular complexity index is 314. The average molecular weight is 398 g/mol. The van der Waals surface area contributed by atoms with E-state index in [1.54, 1.807) is 0 Å². The molecule has 0 heterocycles. The van der Waals surface area contributed by atoms with Crippen molar-refractivity contribution in [1.82, 2.24) is 5.32 Å². The smallest absolute Gasteiger partial charge is 0.0209 e. The Morgan fingerprint density at radius 2 is 1.25 bits per heavy atom. The molecule has 28 heavy (non-hydrogen) atoms. The molecule has 0 bridgehead atoms. The average Bonchev–Trinajstić information content (AvgIpc) is 2.68. The van der Waals surface area contributed by atoms with Crippen molar-refractivity contribution in [3.05, 3.63) is 0 Å². The molecular formula is C26H55NO. The van der Waals surface area contributed by atoms with Gasteiger partial charge in [-0.3, -0.25) is 0 Å².